The Morgan fingerprint density at radius 2 is 2.28 bits per heavy atom. The molecule has 18 heavy (non-hydrogen) atoms. The molecule has 1 heterocycles. The first-order chi connectivity index (χ1) is 8.69. The van der Waals surface area contributed by atoms with Gasteiger partial charge in [0, 0.05) is 19.2 Å². The first-order valence-corrected chi connectivity index (χ1v) is 5.99. The minimum absolute atomic E-state index is 0.0389. The van der Waals surface area contributed by atoms with Gasteiger partial charge in [0.15, 0.2) is 5.78 Å². The van der Waals surface area contributed by atoms with Crippen molar-refractivity contribution < 1.29 is 9.18 Å². The molecule has 0 saturated carbocycles. The van der Waals surface area contributed by atoms with E-state index in [0.717, 1.165) is 13.0 Å². The SMILES string of the molecule is CCCn1cc(C(=O)Cc2cccc(F)c2)cn1. The molecule has 0 aliphatic heterocycles. The highest BCUT2D eigenvalue weighted by Crippen LogP contribution is 2.09. The third-order valence-electron chi connectivity index (χ3n) is 2.66. The number of nitrogens with zero attached hydrogens (tertiary/aromatic N) is 2. The third kappa shape index (κ3) is 3.03. The van der Waals surface area contributed by atoms with E-state index in [1.165, 1.54) is 12.1 Å². The van der Waals surface area contributed by atoms with Gasteiger partial charge in [0.05, 0.1) is 11.8 Å². The van der Waals surface area contributed by atoms with Crippen molar-refractivity contribution >= 4 is 5.78 Å². The minimum atomic E-state index is -0.318. The summed E-state index contributed by atoms with van der Waals surface area (Å²) in [5.74, 6) is -0.357. The lowest BCUT2D eigenvalue weighted by Gasteiger charge is -1.99. The summed E-state index contributed by atoms with van der Waals surface area (Å²) in [4.78, 5) is 12.0. The number of ketones is 1. The van der Waals surface area contributed by atoms with Crippen LogP contribution in [0.2, 0.25) is 0 Å². The number of Topliss-reactive ketones (excluding diaryl/α,β-unsaturated/α-hetero) is 1. The summed E-state index contributed by atoms with van der Waals surface area (Å²) in [5, 5.41) is 4.11. The molecule has 0 aliphatic rings. The number of hydrogen-bond acceptors (Lipinski definition) is 2. The first-order valence-electron chi connectivity index (χ1n) is 5.99. The van der Waals surface area contributed by atoms with Crippen LogP contribution < -0.4 is 0 Å². The fourth-order valence-electron chi connectivity index (χ4n) is 1.79. The van der Waals surface area contributed by atoms with E-state index in [1.807, 2.05) is 0 Å². The average molecular weight is 246 g/mol. The minimum Gasteiger partial charge on any atom is -0.294 e. The lowest BCUT2D eigenvalue weighted by molar-refractivity contribution is 0.0993. The molecule has 4 heteroatoms. The zero-order chi connectivity index (χ0) is 13.0. The lowest BCUT2D eigenvalue weighted by Crippen LogP contribution is -2.03. The van der Waals surface area contributed by atoms with Crippen LogP contribution in [0.25, 0.3) is 0 Å². The smallest absolute Gasteiger partial charge is 0.170 e. The number of benzene rings is 1. The maximum atomic E-state index is 13.0. The number of aromatic nitrogens is 2. The Hall–Kier alpha value is -1.97. The summed E-state index contributed by atoms with van der Waals surface area (Å²) in [5.41, 5.74) is 1.26. The van der Waals surface area contributed by atoms with Gasteiger partial charge in [0.25, 0.3) is 0 Å². The summed E-state index contributed by atoms with van der Waals surface area (Å²) in [6.45, 7) is 2.85. The predicted molar refractivity (Wildman–Crippen MR) is 67.0 cm³/mol. The van der Waals surface area contributed by atoms with E-state index in [0.29, 0.717) is 11.1 Å². The van der Waals surface area contributed by atoms with Crippen molar-refractivity contribution in [2.24, 2.45) is 0 Å². The van der Waals surface area contributed by atoms with Crippen molar-refractivity contribution in [3.8, 4) is 0 Å². The van der Waals surface area contributed by atoms with Crippen LogP contribution in [-0.2, 0) is 13.0 Å². The van der Waals surface area contributed by atoms with Gasteiger partial charge in [-0.3, -0.25) is 9.48 Å². The van der Waals surface area contributed by atoms with Gasteiger partial charge in [-0.25, -0.2) is 4.39 Å². The standard InChI is InChI=1S/C14H15FN2O/c1-2-6-17-10-12(9-16-17)14(18)8-11-4-3-5-13(15)7-11/h3-5,7,9-10H,2,6,8H2,1H3. The number of carbonyl (C=O) groups is 1. The zero-order valence-corrected chi connectivity index (χ0v) is 10.3. The first kappa shape index (κ1) is 12.5. The van der Waals surface area contributed by atoms with Crippen LogP contribution in [-0.4, -0.2) is 15.6 Å². The normalized spacial score (nSPS) is 10.6. The van der Waals surface area contributed by atoms with E-state index in [1.54, 1.807) is 29.2 Å². The van der Waals surface area contributed by atoms with Gasteiger partial charge in [-0.1, -0.05) is 19.1 Å². The second-order valence-corrected chi connectivity index (χ2v) is 4.22. The van der Waals surface area contributed by atoms with Crippen molar-refractivity contribution in [2.75, 3.05) is 0 Å². The fourth-order valence-corrected chi connectivity index (χ4v) is 1.79. The summed E-state index contributed by atoms with van der Waals surface area (Å²) in [7, 11) is 0. The monoisotopic (exact) mass is 246 g/mol. The molecule has 0 amide bonds. The number of rotatable bonds is 5. The molecule has 1 aromatic heterocycles. The molecule has 2 aromatic rings. The third-order valence-corrected chi connectivity index (χ3v) is 2.66. The second kappa shape index (κ2) is 5.58. The Morgan fingerprint density at radius 3 is 3.00 bits per heavy atom. The van der Waals surface area contributed by atoms with Crippen LogP contribution in [0.4, 0.5) is 4.39 Å². The molecule has 0 unspecified atom stereocenters. The van der Waals surface area contributed by atoms with Gasteiger partial charge in [-0.15, -0.1) is 0 Å². The highest BCUT2D eigenvalue weighted by molar-refractivity contribution is 5.97. The van der Waals surface area contributed by atoms with Gasteiger partial charge < -0.3 is 0 Å². The molecular formula is C14H15FN2O. The molecule has 0 N–H and O–H groups in total. The van der Waals surface area contributed by atoms with E-state index < -0.39 is 0 Å². The maximum absolute atomic E-state index is 13.0. The summed E-state index contributed by atoms with van der Waals surface area (Å²) in [6.07, 6.45) is 4.48. The molecule has 3 nitrogen and oxygen atoms in total. The molecule has 0 radical (unpaired) electrons. The van der Waals surface area contributed by atoms with Gasteiger partial charge in [-0.2, -0.15) is 5.10 Å². The molecular weight excluding hydrogens is 231 g/mol. The van der Waals surface area contributed by atoms with Crippen molar-refractivity contribution in [2.45, 2.75) is 26.3 Å². The fraction of sp³-hybridized carbons (Fsp3) is 0.286. The number of halogens is 1. The topological polar surface area (TPSA) is 34.9 Å². The van der Waals surface area contributed by atoms with Gasteiger partial charge >= 0.3 is 0 Å². The predicted octanol–water partition coefficient (Wildman–Crippen LogP) is 2.86. The number of hydrogen-bond donors (Lipinski definition) is 0. The maximum Gasteiger partial charge on any atom is 0.170 e. The van der Waals surface area contributed by atoms with E-state index in [4.69, 9.17) is 0 Å². The summed E-state index contributed by atoms with van der Waals surface area (Å²) < 4.78 is 14.7. The Morgan fingerprint density at radius 1 is 1.44 bits per heavy atom. The molecule has 2 rings (SSSR count). The highest BCUT2D eigenvalue weighted by atomic mass is 19.1. The van der Waals surface area contributed by atoms with Crippen molar-refractivity contribution in [3.63, 3.8) is 0 Å². The quantitative estimate of drug-likeness (QED) is 0.760. The van der Waals surface area contributed by atoms with Crippen LogP contribution in [0, 0.1) is 5.82 Å². The Kier molecular flexibility index (Phi) is 3.87. The van der Waals surface area contributed by atoms with E-state index >= 15 is 0 Å². The van der Waals surface area contributed by atoms with Gasteiger partial charge in [-0.05, 0) is 24.1 Å². The summed E-state index contributed by atoms with van der Waals surface area (Å²) >= 11 is 0. The molecule has 0 bridgehead atoms. The molecule has 0 aliphatic carbocycles. The largest absolute Gasteiger partial charge is 0.294 e. The molecule has 0 atom stereocenters. The number of carbonyl (C=O) groups excluding carboxylic acids is 1. The van der Waals surface area contributed by atoms with Gasteiger partial charge in [0.1, 0.15) is 5.82 Å². The van der Waals surface area contributed by atoms with Crippen LogP contribution in [0.15, 0.2) is 36.7 Å². The van der Waals surface area contributed by atoms with E-state index in [2.05, 4.69) is 12.0 Å². The van der Waals surface area contributed by atoms with Gasteiger partial charge in [0.2, 0.25) is 0 Å². The Balaban J connectivity index is 2.07. The second-order valence-electron chi connectivity index (χ2n) is 4.22. The van der Waals surface area contributed by atoms with Crippen LogP contribution in [0.3, 0.4) is 0 Å². The molecule has 94 valence electrons. The zero-order valence-electron chi connectivity index (χ0n) is 10.3. The molecule has 0 fully saturated rings. The van der Waals surface area contributed by atoms with Crippen molar-refractivity contribution in [1.82, 2.24) is 9.78 Å². The van der Waals surface area contributed by atoms with Crippen LogP contribution in [0.5, 0.6) is 0 Å². The highest BCUT2D eigenvalue weighted by Gasteiger charge is 2.09. The number of aryl methyl sites for hydroxylation is 1. The lowest BCUT2D eigenvalue weighted by atomic mass is 10.1. The Labute approximate surface area is 105 Å². The van der Waals surface area contributed by atoms with Crippen LogP contribution in [0.1, 0.15) is 29.3 Å². The van der Waals surface area contributed by atoms with Crippen molar-refractivity contribution in [3.05, 3.63) is 53.6 Å². The van der Waals surface area contributed by atoms with Crippen LogP contribution >= 0.6 is 0 Å². The summed E-state index contributed by atoms with van der Waals surface area (Å²) in [6, 6.07) is 6.11. The van der Waals surface area contributed by atoms with E-state index in [9.17, 15) is 9.18 Å². The molecule has 1 aromatic carbocycles. The average Bonchev–Trinajstić information content (AvgIpc) is 2.78. The molecule has 0 saturated heterocycles. The molecule has 0 spiro atoms. The van der Waals surface area contributed by atoms with E-state index in [-0.39, 0.29) is 18.0 Å². The Bertz CT molecular complexity index is 548. The van der Waals surface area contributed by atoms with Crippen molar-refractivity contribution in [1.29, 1.82) is 0 Å².